The number of halogens is 1. The number of rotatable bonds is 3. The molecule has 1 amide bonds. The van der Waals surface area contributed by atoms with Crippen LogP contribution in [0.3, 0.4) is 0 Å². The third-order valence-electron chi connectivity index (χ3n) is 2.78. The number of nitrogens with zero attached hydrogens (tertiary/aromatic N) is 2. The molecule has 0 aromatic rings. The maximum atomic E-state index is 12.0. The summed E-state index contributed by atoms with van der Waals surface area (Å²) in [6, 6.07) is 0. The van der Waals surface area contributed by atoms with Crippen LogP contribution in [0, 0.1) is 0 Å². The van der Waals surface area contributed by atoms with Crippen molar-refractivity contribution in [2.24, 2.45) is 0 Å². The lowest BCUT2D eigenvalue weighted by molar-refractivity contribution is -0.134. The van der Waals surface area contributed by atoms with Crippen LogP contribution in [0.2, 0.25) is 0 Å². The fourth-order valence-corrected chi connectivity index (χ4v) is 2.28. The van der Waals surface area contributed by atoms with Crippen molar-refractivity contribution < 1.29 is 9.90 Å². The van der Waals surface area contributed by atoms with Gasteiger partial charge in [0.15, 0.2) is 0 Å². The predicted octanol–water partition coefficient (Wildman–Crippen LogP) is 1.07. The van der Waals surface area contributed by atoms with Crippen molar-refractivity contribution >= 4 is 21.8 Å². The van der Waals surface area contributed by atoms with Crippen molar-refractivity contribution in [1.82, 2.24) is 9.80 Å². The molecular formula is C12H23BrN2O2. The quantitative estimate of drug-likeness (QED) is 0.794. The molecule has 0 spiro atoms. The normalized spacial score (nSPS) is 19.5. The minimum absolute atomic E-state index is 0.139. The van der Waals surface area contributed by atoms with Crippen molar-refractivity contribution in [3.05, 3.63) is 0 Å². The Morgan fingerprint density at radius 1 is 1.18 bits per heavy atom. The fourth-order valence-electron chi connectivity index (χ4n) is 2.03. The summed E-state index contributed by atoms with van der Waals surface area (Å²) in [7, 11) is 0. The Hall–Kier alpha value is -0.130. The lowest BCUT2D eigenvalue weighted by Crippen LogP contribution is -2.54. The Bertz CT molecular complexity index is 273. The summed E-state index contributed by atoms with van der Waals surface area (Å²) in [5.74, 6) is 0.139. The minimum atomic E-state index is -0.666. The first-order valence-electron chi connectivity index (χ1n) is 6.03. The Balaban J connectivity index is 2.44. The van der Waals surface area contributed by atoms with Gasteiger partial charge in [0.25, 0.3) is 0 Å². The lowest BCUT2D eigenvalue weighted by atomic mass is 10.1. The van der Waals surface area contributed by atoms with E-state index in [2.05, 4.69) is 20.8 Å². The molecule has 5 heteroatoms. The number of alkyl halides is 1. The highest BCUT2D eigenvalue weighted by Crippen LogP contribution is 2.20. The van der Waals surface area contributed by atoms with Crippen molar-refractivity contribution in [3.63, 3.8) is 0 Å². The Morgan fingerprint density at radius 3 is 2.00 bits per heavy atom. The van der Waals surface area contributed by atoms with Crippen LogP contribution in [0.4, 0.5) is 0 Å². The summed E-state index contributed by atoms with van der Waals surface area (Å²) in [5.41, 5.74) is -0.666. The highest BCUT2D eigenvalue weighted by Gasteiger charge is 2.32. The molecule has 0 bridgehead atoms. The molecule has 100 valence electrons. The van der Waals surface area contributed by atoms with Crippen LogP contribution in [-0.2, 0) is 4.79 Å². The zero-order valence-electron chi connectivity index (χ0n) is 11.2. The van der Waals surface area contributed by atoms with Crippen LogP contribution < -0.4 is 0 Å². The molecule has 0 saturated carbocycles. The van der Waals surface area contributed by atoms with Gasteiger partial charge in [0.05, 0.1) is 9.93 Å². The van der Waals surface area contributed by atoms with Crippen LogP contribution in [0.15, 0.2) is 0 Å². The van der Waals surface area contributed by atoms with Crippen LogP contribution >= 0.6 is 15.9 Å². The largest absolute Gasteiger partial charge is 0.389 e. The van der Waals surface area contributed by atoms with Crippen LogP contribution in [0.25, 0.3) is 0 Å². The highest BCUT2D eigenvalue weighted by molar-refractivity contribution is 9.10. The molecule has 1 heterocycles. The summed E-state index contributed by atoms with van der Waals surface area (Å²) in [6.07, 6.45) is 0. The Kier molecular flexibility index (Phi) is 4.60. The maximum absolute atomic E-state index is 12.0. The monoisotopic (exact) mass is 306 g/mol. The molecule has 0 aliphatic carbocycles. The number of β-amino-alcohol motifs (C(OH)–C–C–N with tert-alkyl or cyclic N) is 1. The Morgan fingerprint density at radius 2 is 1.65 bits per heavy atom. The number of carbonyl (C=O) groups is 1. The summed E-state index contributed by atoms with van der Waals surface area (Å²) in [4.78, 5) is 16.1. The van der Waals surface area contributed by atoms with Gasteiger partial charge in [-0.05, 0) is 27.7 Å². The molecule has 1 fully saturated rings. The first-order valence-corrected chi connectivity index (χ1v) is 6.82. The van der Waals surface area contributed by atoms with Gasteiger partial charge in [0.1, 0.15) is 0 Å². The zero-order chi connectivity index (χ0) is 13.3. The third-order valence-corrected chi connectivity index (χ3v) is 3.12. The molecule has 0 aromatic heterocycles. The van der Waals surface area contributed by atoms with Crippen LogP contribution in [0.1, 0.15) is 27.7 Å². The molecule has 17 heavy (non-hydrogen) atoms. The van der Waals surface area contributed by atoms with Gasteiger partial charge >= 0.3 is 0 Å². The summed E-state index contributed by atoms with van der Waals surface area (Å²) >= 11 is 3.40. The number of hydrogen-bond acceptors (Lipinski definition) is 3. The first kappa shape index (κ1) is 14.9. The predicted molar refractivity (Wildman–Crippen MR) is 72.3 cm³/mol. The number of aliphatic hydroxyl groups is 1. The standard InChI is InChI=1S/C12H23BrN2O2/c1-11(2,17)9-14-5-7-15(8-6-14)10(16)12(3,4)13/h17H,5-9H2,1-4H3. The molecular weight excluding hydrogens is 284 g/mol. The molecule has 0 atom stereocenters. The molecule has 1 aliphatic rings. The van der Waals surface area contributed by atoms with E-state index >= 15 is 0 Å². The summed E-state index contributed by atoms with van der Waals surface area (Å²) in [6.45, 7) is 11.2. The molecule has 1 saturated heterocycles. The van der Waals surface area contributed by atoms with E-state index in [1.165, 1.54) is 0 Å². The molecule has 1 rings (SSSR count). The number of piperazine rings is 1. The topological polar surface area (TPSA) is 43.8 Å². The van der Waals surface area contributed by atoms with Crippen LogP contribution in [-0.4, -0.2) is 63.5 Å². The second-order valence-electron chi connectivity index (χ2n) is 5.85. The van der Waals surface area contributed by atoms with E-state index in [0.29, 0.717) is 6.54 Å². The fraction of sp³-hybridized carbons (Fsp3) is 0.917. The maximum Gasteiger partial charge on any atom is 0.238 e. The minimum Gasteiger partial charge on any atom is -0.389 e. The van der Waals surface area contributed by atoms with Gasteiger partial charge in [-0.15, -0.1) is 0 Å². The third kappa shape index (κ3) is 4.94. The van der Waals surface area contributed by atoms with Crippen LogP contribution in [0.5, 0.6) is 0 Å². The van der Waals surface area contributed by atoms with E-state index in [9.17, 15) is 9.90 Å². The average molecular weight is 307 g/mol. The molecule has 0 aromatic carbocycles. The second kappa shape index (κ2) is 5.24. The molecule has 4 nitrogen and oxygen atoms in total. The average Bonchev–Trinajstić information content (AvgIpc) is 2.14. The van der Waals surface area contributed by atoms with Gasteiger partial charge in [-0.2, -0.15) is 0 Å². The van der Waals surface area contributed by atoms with E-state index in [0.717, 1.165) is 26.2 Å². The van der Waals surface area contributed by atoms with E-state index in [1.807, 2.05) is 32.6 Å². The molecule has 1 aliphatic heterocycles. The van der Waals surface area contributed by atoms with Gasteiger partial charge in [0, 0.05) is 32.7 Å². The number of carbonyl (C=O) groups excluding carboxylic acids is 1. The molecule has 1 N–H and O–H groups in total. The first-order chi connectivity index (χ1) is 7.59. The number of amides is 1. The van der Waals surface area contributed by atoms with Crippen molar-refractivity contribution in [2.75, 3.05) is 32.7 Å². The van der Waals surface area contributed by atoms with Gasteiger partial charge in [-0.25, -0.2) is 0 Å². The van der Waals surface area contributed by atoms with E-state index in [-0.39, 0.29) is 5.91 Å². The Labute approximate surface area is 112 Å². The zero-order valence-corrected chi connectivity index (χ0v) is 12.7. The van der Waals surface area contributed by atoms with Gasteiger partial charge in [0.2, 0.25) is 5.91 Å². The van der Waals surface area contributed by atoms with Gasteiger partial charge < -0.3 is 10.0 Å². The van der Waals surface area contributed by atoms with Crippen molar-refractivity contribution in [3.8, 4) is 0 Å². The lowest BCUT2D eigenvalue weighted by Gasteiger charge is -2.39. The van der Waals surface area contributed by atoms with Crippen molar-refractivity contribution in [1.29, 1.82) is 0 Å². The van der Waals surface area contributed by atoms with E-state index < -0.39 is 9.93 Å². The molecule has 0 radical (unpaired) electrons. The van der Waals surface area contributed by atoms with Crippen molar-refractivity contribution in [2.45, 2.75) is 37.6 Å². The smallest absolute Gasteiger partial charge is 0.238 e. The van der Waals surface area contributed by atoms with Gasteiger partial charge in [-0.1, -0.05) is 15.9 Å². The summed E-state index contributed by atoms with van der Waals surface area (Å²) < 4.78 is -0.481. The number of hydrogen-bond donors (Lipinski definition) is 1. The van der Waals surface area contributed by atoms with E-state index in [1.54, 1.807) is 0 Å². The molecule has 0 unspecified atom stereocenters. The second-order valence-corrected chi connectivity index (χ2v) is 7.84. The SMILES string of the molecule is CC(C)(O)CN1CCN(C(=O)C(C)(C)Br)CC1. The van der Waals surface area contributed by atoms with Gasteiger partial charge in [-0.3, -0.25) is 9.69 Å². The highest BCUT2D eigenvalue weighted by atomic mass is 79.9. The van der Waals surface area contributed by atoms with E-state index in [4.69, 9.17) is 0 Å². The summed E-state index contributed by atoms with van der Waals surface area (Å²) in [5, 5.41) is 9.74.